The summed E-state index contributed by atoms with van der Waals surface area (Å²) in [6.45, 7) is 0.595. The van der Waals surface area contributed by atoms with Gasteiger partial charge in [0.2, 0.25) is 17.7 Å². The molecule has 7 rings (SSSR count). The molecule has 4 aliphatic carbocycles. The first-order valence-electron chi connectivity index (χ1n) is 11.8. The number of carbonyl (C=O) groups is 2. The molecular formula is C24H27ClN4O4. The van der Waals surface area contributed by atoms with Crippen LogP contribution >= 0.6 is 11.6 Å². The summed E-state index contributed by atoms with van der Waals surface area (Å²) in [6.07, 6.45) is 5.55. The number of hydrogen-bond donors (Lipinski definition) is 1. The Bertz CT molecular complexity index is 1070. The predicted molar refractivity (Wildman–Crippen MR) is 119 cm³/mol. The molecular weight excluding hydrogens is 444 g/mol. The zero-order chi connectivity index (χ0) is 22.7. The van der Waals surface area contributed by atoms with E-state index < -0.39 is 5.41 Å². The van der Waals surface area contributed by atoms with Crippen molar-refractivity contribution in [1.29, 1.82) is 0 Å². The van der Waals surface area contributed by atoms with E-state index in [0.717, 1.165) is 50.5 Å². The lowest BCUT2D eigenvalue weighted by atomic mass is 9.48. The highest BCUT2D eigenvalue weighted by molar-refractivity contribution is 6.30. The maximum absolute atomic E-state index is 13.3. The Morgan fingerprint density at radius 1 is 1.12 bits per heavy atom. The molecule has 0 radical (unpaired) electrons. The van der Waals surface area contributed by atoms with Crippen LogP contribution in [0, 0.1) is 23.2 Å². The maximum atomic E-state index is 13.3. The van der Waals surface area contributed by atoms with Crippen LogP contribution in [-0.2, 0) is 9.53 Å². The number of aromatic nitrogens is 2. The van der Waals surface area contributed by atoms with Gasteiger partial charge in [-0.3, -0.25) is 9.69 Å². The van der Waals surface area contributed by atoms with Crippen molar-refractivity contribution < 1.29 is 18.7 Å². The summed E-state index contributed by atoms with van der Waals surface area (Å²) in [6, 6.07) is 6.90. The Kier molecular flexibility index (Phi) is 4.90. The molecule has 1 aliphatic heterocycles. The average Bonchev–Trinajstić information content (AvgIpc) is 3.46. The number of halogens is 1. The summed E-state index contributed by atoms with van der Waals surface area (Å²) in [5, 5.41) is 9.03. The van der Waals surface area contributed by atoms with E-state index in [2.05, 4.69) is 10.2 Å². The molecule has 2 aromatic rings. The molecule has 5 aliphatic rings. The van der Waals surface area contributed by atoms with E-state index in [4.69, 9.17) is 26.5 Å². The van der Waals surface area contributed by atoms with Gasteiger partial charge in [0, 0.05) is 17.1 Å². The second-order valence-electron chi connectivity index (χ2n) is 10.3. The Balaban J connectivity index is 1.17. The van der Waals surface area contributed by atoms with Crippen molar-refractivity contribution in [3.8, 4) is 11.5 Å². The molecule has 1 aromatic carbocycles. The average molecular weight is 471 g/mol. The molecule has 1 saturated heterocycles. The number of benzene rings is 1. The number of amides is 2. The molecule has 2 N–H and O–H groups in total. The number of primary amides is 1. The lowest BCUT2D eigenvalue weighted by molar-refractivity contribution is -0.162. The van der Waals surface area contributed by atoms with Crippen molar-refractivity contribution in [1.82, 2.24) is 15.1 Å². The highest BCUT2D eigenvalue weighted by atomic mass is 35.5. The number of hydrogen-bond acceptors (Lipinski definition) is 6. The van der Waals surface area contributed by atoms with E-state index in [0.29, 0.717) is 29.3 Å². The van der Waals surface area contributed by atoms with E-state index in [1.54, 1.807) is 17.0 Å². The van der Waals surface area contributed by atoms with Crippen LogP contribution in [0.2, 0.25) is 5.02 Å². The molecule has 3 atom stereocenters. The van der Waals surface area contributed by atoms with E-state index >= 15 is 0 Å². The third kappa shape index (κ3) is 3.50. The number of likely N-dealkylation sites (tertiary alicyclic amines) is 1. The largest absolute Gasteiger partial charge is 0.445 e. The van der Waals surface area contributed by atoms with Crippen LogP contribution in [0.4, 0.5) is 4.79 Å². The minimum atomic E-state index is -0.391. The molecule has 2 amide bonds. The fourth-order valence-electron chi connectivity index (χ4n) is 6.98. The molecule has 5 fully saturated rings. The van der Waals surface area contributed by atoms with Gasteiger partial charge in [0.05, 0.1) is 5.41 Å². The number of ether oxygens (including phenoxy) is 1. The summed E-state index contributed by atoms with van der Waals surface area (Å²) in [4.78, 5) is 27.2. The molecule has 2 heterocycles. The van der Waals surface area contributed by atoms with Crippen LogP contribution in [0.5, 0.6) is 0 Å². The standard InChI is InChI=1S/C24H27ClN4O4/c25-17-5-3-14(4-6-17)20-27-28-21(33-20)18-2-1-7-29(18)23(31)32-19-15-8-13-9-16(19)12-24(10-13,11-15)22(26)30/h3-6,13,15-16,18-19H,1-2,7-12H2,(H2,26,30). The predicted octanol–water partition coefficient (Wildman–Crippen LogP) is 4.34. The van der Waals surface area contributed by atoms with E-state index in [-0.39, 0.29) is 36.0 Å². The molecule has 4 bridgehead atoms. The van der Waals surface area contributed by atoms with Crippen LogP contribution < -0.4 is 5.73 Å². The molecule has 9 heteroatoms. The fraction of sp³-hybridized carbons (Fsp3) is 0.583. The summed E-state index contributed by atoms with van der Waals surface area (Å²) < 4.78 is 12.1. The molecule has 1 aromatic heterocycles. The van der Waals surface area contributed by atoms with Gasteiger partial charge < -0.3 is 14.9 Å². The fourth-order valence-corrected chi connectivity index (χ4v) is 7.10. The van der Waals surface area contributed by atoms with Gasteiger partial charge in [-0.25, -0.2) is 4.79 Å². The summed E-state index contributed by atoms with van der Waals surface area (Å²) in [5.74, 6) is 1.60. The molecule has 8 nitrogen and oxygen atoms in total. The van der Waals surface area contributed by atoms with Crippen molar-refractivity contribution in [2.75, 3.05) is 6.54 Å². The Morgan fingerprint density at radius 2 is 1.85 bits per heavy atom. The quantitative estimate of drug-likeness (QED) is 0.711. The van der Waals surface area contributed by atoms with Gasteiger partial charge >= 0.3 is 6.09 Å². The Morgan fingerprint density at radius 3 is 2.55 bits per heavy atom. The third-order valence-corrected chi connectivity index (χ3v) is 8.50. The van der Waals surface area contributed by atoms with Crippen molar-refractivity contribution in [3.63, 3.8) is 0 Å². The van der Waals surface area contributed by atoms with Crippen LogP contribution in [0.3, 0.4) is 0 Å². The minimum Gasteiger partial charge on any atom is -0.445 e. The van der Waals surface area contributed by atoms with Gasteiger partial charge in [0.25, 0.3) is 0 Å². The van der Waals surface area contributed by atoms with E-state index in [1.807, 2.05) is 12.1 Å². The smallest absolute Gasteiger partial charge is 0.410 e. The van der Waals surface area contributed by atoms with Crippen molar-refractivity contribution >= 4 is 23.6 Å². The zero-order valence-electron chi connectivity index (χ0n) is 18.3. The first-order chi connectivity index (χ1) is 15.9. The molecule has 174 valence electrons. The van der Waals surface area contributed by atoms with Gasteiger partial charge in [-0.1, -0.05) is 11.6 Å². The van der Waals surface area contributed by atoms with Gasteiger partial charge in [0.1, 0.15) is 12.1 Å². The second-order valence-corrected chi connectivity index (χ2v) is 10.7. The Hall–Kier alpha value is -2.61. The first kappa shape index (κ1) is 21.0. The number of rotatable bonds is 4. The SMILES string of the molecule is NC(=O)C12CC3CC(C1)C(OC(=O)N1CCCC1c1nnc(-c4ccc(Cl)cc4)o1)C(C3)C2. The van der Waals surface area contributed by atoms with Gasteiger partial charge in [0.15, 0.2) is 0 Å². The van der Waals surface area contributed by atoms with Gasteiger partial charge in [-0.15, -0.1) is 10.2 Å². The van der Waals surface area contributed by atoms with Gasteiger partial charge in [-0.2, -0.15) is 0 Å². The minimum absolute atomic E-state index is 0.143. The number of nitrogens with zero attached hydrogens (tertiary/aromatic N) is 3. The van der Waals surface area contributed by atoms with Crippen LogP contribution in [0.1, 0.15) is 56.9 Å². The summed E-state index contributed by atoms with van der Waals surface area (Å²) in [5.41, 5.74) is 6.18. The van der Waals surface area contributed by atoms with Crippen LogP contribution in [0.25, 0.3) is 11.5 Å². The van der Waals surface area contributed by atoms with Crippen molar-refractivity contribution in [2.45, 2.75) is 57.1 Å². The molecule has 3 unspecified atom stereocenters. The van der Waals surface area contributed by atoms with Gasteiger partial charge in [-0.05, 0) is 87.0 Å². The van der Waals surface area contributed by atoms with Crippen LogP contribution in [-0.4, -0.2) is 39.7 Å². The summed E-state index contributed by atoms with van der Waals surface area (Å²) >= 11 is 5.96. The normalized spacial score (nSPS) is 34.6. The Labute approximate surface area is 196 Å². The highest BCUT2D eigenvalue weighted by Crippen LogP contribution is 2.60. The molecule has 4 saturated carbocycles. The van der Waals surface area contributed by atoms with Crippen molar-refractivity contribution in [2.24, 2.45) is 28.9 Å². The second kappa shape index (κ2) is 7.72. The number of nitrogens with two attached hydrogens (primary N) is 1. The maximum Gasteiger partial charge on any atom is 0.410 e. The molecule has 0 spiro atoms. The number of carbonyl (C=O) groups excluding carboxylic acids is 2. The third-order valence-electron chi connectivity index (χ3n) is 8.25. The monoisotopic (exact) mass is 470 g/mol. The first-order valence-corrected chi connectivity index (χ1v) is 12.2. The summed E-state index contributed by atoms with van der Waals surface area (Å²) in [7, 11) is 0. The topological polar surface area (TPSA) is 112 Å². The van der Waals surface area contributed by atoms with Crippen LogP contribution in [0.15, 0.2) is 28.7 Å². The van der Waals surface area contributed by atoms with E-state index in [9.17, 15) is 9.59 Å². The lowest BCUT2D eigenvalue weighted by Crippen LogP contribution is -2.59. The molecule has 33 heavy (non-hydrogen) atoms. The van der Waals surface area contributed by atoms with Crippen molar-refractivity contribution in [3.05, 3.63) is 35.2 Å². The zero-order valence-corrected chi connectivity index (χ0v) is 19.0. The highest BCUT2D eigenvalue weighted by Gasteiger charge is 2.59. The van der Waals surface area contributed by atoms with E-state index in [1.165, 1.54) is 0 Å². The lowest BCUT2D eigenvalue weighted by Gasteiger charge is -2.58.